The van der Waals surface area contributed by atoms with Crippen LogP contribution < -0.4 is 0 Å². The van der Waals surface area contributed by atoms with E-state index in [1.54, 1.807) is 7.11 Å². The van der Waals surface area contributed by atoms with Gasteiger partial charge in [0.1, 0.15) is 0 Å². The van der Waals surface area contributed by atoms with Crippen LogP contribution in [0.15, 0.2) is 0 Å². The molecule has 1 heterocycles. The van der Waals surface area contributed by atoms with Crippen molar-refractivity contribution in [3.05, 3.63) is 0 Å². The molecule has 2 rings (SSSR count). The first-order valence-corrected chi connectivity index (χ1v) is 7.04. The van der Waals surface area contributed by atoms with Crippen molar-refractivity contribution in [1.82, 2.24) is 4.90 Å². The Morgan fingerprint density at radius 2 is 2.06 bits per heavy atom. The molecule has 0 spiro atoms. The van der Waals surface area contributed by atoms with Crippen molar-refractivity contribution in [1.29, 1.82) is 0 Å². The third-order valence-corrected chi connectivity index (χ3v) is 4.86. The fourth-order valence-corrected chi connectivity index (χ4v) is 2.92. The van der Waals surface area contributed by atoms with Crippen molar-refractivity contribution in [2.24, 2.45) is 0 Å². The van der Waals surface area contributed by atoms with Gasteiger partial charge >= 0.3 is 0 Å². The van der Waals surface area contributed by atoms with Crippen LogP contribution >= 0.6 is 15.9 Å². The van der Waals surface area contributed by atoms with Crippen LogP contribution in [0.3, 0.4) is 0 Å². The minimum atomic E-state index is -0.123. The molecule has 1 aliphatic heterocycles. The maximum Gasteiger partial charge on any atom is 0.225 e. The molecule has 0 N–H and O–H groups in total. The van der Waals surface area contributed by atoms with Gasteiger partial charge in [-0.1, -0.05) is 15.9 Å². The minimum absolute atomic E-state index is 0.123. The number of ether oxygens (including phenoxy) is 1. The van der Waals surface area contributed by atoms with Gasteiger partial charge < -0.3 is 9.64 Å². The number of hydrogen-bond acceptors (Lipinski definition) is 2. The molecule has 1 aliphatic carbocycles. The lowest BCUT2D eigenvalue weighted by molar-refractivity contribution is -0.144. The molecule has 0 unspecified atom stereocenters. The Balaban J connectivity index is 1.83. The van der Waals surface area contributed by atoms with E-state index < -0.39 is 0 Å². The van der Waals surface area contributed by atoms with Gasteiger partial charge in [0, 0.05) is 25.0 Å². The maximum atomic E-state index is 12.1. The zero-order valence-electron chi connectivity index (χ0n) is 9.88. The molecule has 1 amide bonds. The summed E-state index contributed by atoms with van der Waals surface area (Å²) in [7, 11) is 1.73. The summed E-state index contributed by atoms with van der Waals surface area (Å²) in [6.45, 7) is 1.79. The summed E-state index contributed by atoms with van der Waals surface area (Å²) in [5, 5.41) is 0. The molecule has 0 radical (unpaired) electrons. The van der Waals surface area contributed by atoms with Crippen LogP contribution in [0.4, 0.5) is 0 Å². The zero-order chi connectivity index (χ0) is 11.6. The maximum absolute atomic E-state index is 12.1. The van der Waals surface area contributed by atoms with Crippen LogP contribution in [0.1, 0.15) is 38.5 Å². The Morgan fingerprint density at radius 1 is 1.44 bits per heavy atom. The molecular weight excluding hydrogens is 270 g/mol. The number of hydrogen-bond donors (Lipinski definition) is 0. The van der Waals surface area contributed by atoms with E-state index in [4.69, 9.17) is 4.74 Å². The molecule has 4 heteroatoms. The molecule has 1 saturated heterocycles. The zero-order valence-corrected chi connectivity index (χ0v) is 11.5. The number of amides is 1. The van der Waals surface area contributed by atoms with E-state index in [1.807, 2.05) is 4.90 Å². The summed E-state index contributed by atoms with van der Waals surface area (Å²) in [4.78, 5) is 14.7. The molecule has 16 heavy (non-hydrogen) atoms. The van der Waals surface area contributed by atoms with E-state index in [-0.39, 0.29) is 11.5 Å². The first-order chi connectivity index (χ1) is 7.65. The SMILES string of the molecule is COC1(CC(=O)N2CCC(Br)CC2)CCC1. The normalized spacial score (nSPS) is 25.2. The number of piperidine rings is 1. The monoisotopic (exact) mass is 289 g/mol. The van der Waals surface area contributed by atoms with E-state index in [1.165, 1.54) is 6.42 Å². The van der Waals surface area contributed by atoms with E-state index in [9.17, 15) is 4.79 Å². The highest BCUT2D eigenvalue weighted by molar-refractivity contribution is 9.09. The molecule has 2 aliphatic rings. The second-order valence-electron chi connectivity index (χ2n) is 4.97. The Bertz CT molecular complexity index is 252. The number of halogens is 1. The third-order valence-electron chi connectivity index (χ3n) is 3.95. The lowest BCUT2D eigenvalue weighted by Gasteiger charge is -2.41. The van der Waals surface area contributed by atoms with Crippen LogP contribution in [-0.4, -0.2) is 41.4 Å². The summed E-state index contributed by atoms with van der Waals surface area (Å²) < 4.78 is 5.50. The standard InChI is InChI=1S/C12H20BrNO2/c1-16-12(5-2-6-12)9-11(15)14-7-3-10(13)4-8-14/h10H,2-9H2,1H3. The number of likely N-dealkylation sites (tertiary alicyclic amines) is 1. The summed E-state index contributed by atoms with van der Waals surface area (Å²) in [6.07, 6.45) is 6.02. The van der Waals surface area contributed by atoms with Crippen LogP contribution in [0.25, 0.3) is 0 Å². The van der Waals surface area contributed by atoms with Gasteiger partial charge in [0.2, 0.25) is 5.91 Å². The fourth-order valence-electron chi connectivity index (χ4n) is 2.51. The third kappa shape index (κ3) is 2.59. The average molecular weight is 290 g/mol. The van der Waals surface area contributed by atoms with Crippen molar-refractivity contribution >= 4 is 21.8 Å². The molecule has 0 bridgehead atoms. The van der Waals surface area contributed by atoms with Gasteiger partial charge in [0.05, 0.1) is 12.0 Å². The van der Waals surface area contributed by atoms with Gasteiger partial charge in [-0.15, -0.1) is 0 Å². The molecule has 2 fully saturated rings. The van der Waals surface area contributed by atoms with Gasteiger partial charge in [0.25, 0.3) is 0 Å². The van der Waals surface area contributed by atoms with Crippen molar-refractivity contribution in [2.75, 3.05) is 20.2 Å². The van der Waals surface area contributed by atoms with Gasteiger partial charge in [-0.3, -0.25) is 4.79 Å². The lowest BCUT2D eigenvalue weighted by atomic mass is 9.77. The molecule has 0 aromatic heterocycles. The smallest absolute Gasteiger partial charge is 0.225 e. The van der Waals surface area contributed by atoms with E-state index in [2.05, 4.69) is 15.9 Å². The largest absolute Gasteiger partial charge is 0.378 e. The van der Waals surface area contributed by atoms with E-state index in [0.29, 0.717) is 11.2 Å². The van der Waals surface area contributed by atoms with Gasteiger partial charge in [-0.2, -0.15) is 0 Å². The number of methoxy groups -OCH3 is 1. The topological polar surface area (TPSA) is 29.5 Å². The van der Waals surface area contributed by atoms with Gasteiger partial charge in [-0.05, 0) is 32.1 Å². The molecule has 1 saturated carbocycles. The molecule has 0 aromatic carbocycles. The fraction of sp³-hybridized carbons (Fsp3) is 0.917. The average Bonchev–Trinajstić information content (AvgIpc) is 2.24. The molecule has 3 nitrogen and oxygen atoms in total. The first kappa shape index (κ1) is 12.4. The van der Waals surface area contributed by atoms with Crippen molar-refractivity contribution < 1.29 is 9.53 Å². The Morgan fingerprint density at radius 3 is 2.50 bits per heavy atom. The molecular formula is C12H20BrNO2. The number of alkyl halides is 1. The van der Waals surface area contributed by atoms with Crippen LogP contribution in [0.2, 0.25) is 0 Å². The predicted molar refractivity (Wildman–Crippen MR) is 66.7 cm³/mol. The summed E-state index contributed by atoms with van der Waals surface area (Å²) >= 11 is 3.60. The van der Waals surface area contributed by atoms with Gasteiger partial charge in [-0.25, -0.2) is 0 Å². The summed E-state index contributed by atoms with van der Waals surface area (Å²) in [5.41, 5.74) is -0.123. The molecule has 0 atom stereocenters. The van der Waals surface area contributed by atoms with Crippen LogP contribution in [0, 0.1) is 0 Å². The number of nitrogens with zero attached hydrogens (tertiary/aromatic N) is 1. The second-order valence-corrected chi connectivity index (χ2v) is 6.27. The number of rotatable bonds is 3. The second kappa shape index (κ2) is 5.05. The highest BCUT2D eigenvalue weighted by atomic mass is 79.9. The molecule has 92 valence electrons. The Labute approximate surface area is 106 Å². The van der Waals surface area contributed by atoms with Gasteiger partial charge in [0.15, 0.2) is 0 Å². The summed E-state index contributed by atoms with van der Waals surface area (Å²) in [5.74, 6) is 0.279. The first-order valence-electron chi connectivity index (χ1n) is 6.12. The Hall–Kier alpha value is -0.0900. The molecule has 0 aromatic rings. The van der Waals surface area contributed by atoms with Crippen LogP contribution in [0.5, 0.6) is 0 Å². The predicted octanol–water partition coefficient (Wildman–Crippen LogP) is 2.33. The minimum Gasteiger partial charge on any atom is -0.378 e. The van der Waals surface area contributed by atoms with Crippen molar-refractivity contribution in [3.8, 4) is 0 Å². The lowest BCUT2D eigenvalue weighted by Crippen LogP contribution is -2.47. The number of carbonyl (C=O) groups excluding carboxylic acids is 1. The summed E-state index contributed by atoms with van der Waals surface area (Å²) in [6, 6.07) is 0. The van der Waals surface area contributed by atoms with E-state index in [0.717, 1.165) is 38.8 Å². The highest BCUT2D eigenvalue weighted by Crippen LogP contribution is 2.38. The quantitative estimate of drug-likeness (QED) is 0.747. The Kier molecular flexibility index (Phi) is 3.90. The van der Waals surface area contributed by atoms with E-state index >= 15 is 0 Å². The van der Waals surface area contributed by atoms with Crippen molar-refractivity contribution in [3.63, 3.8) is 0 Å². The van der Waals surface area contributed by atoms with Crippen molar-refractivity contribution in [2.45, 2.75) is 49.0 Å². The van der Waals surface area contributed by atoms with Crippen LogP contribution in [-0.2, 0) is 9.53 Å². The highest BCUT2D eigenvalue weighted by Gasteiger charge is 2.40. The number of carbonyl (C=O) groups is 1.